The number of nitrogens with zero attached hydrogens (tertiary/aromatic N) is 1. The number of amides is 1. The van der Waals surface area contributed by atoms with Crippen LogP contribution in [0.3, 0.4) is 0 Å². The topological polar surface area (TPSA) is 68.3 Å². The van der Waals surface area contributed by atoms with E-state index in [0.717, 1.165) is 0 Å². The number of aromatic nitrogens is 1. The molecular weight excluding hydrogens is 328 g/mol. The largest absolute Gasteiger partial charge is 0.444 e. The zero-order valence-electron chi connectivity index (χ0n) is 13.8. The summed E-state index contributed by atoms with van der Waals surface area (Å²) in [6, 6.07) is 10.3. The first kappa shape index (κ1) is 17.9. The normalized spacial score (nSPS) is 11.0. The van der Waals surface area contributed by atoms with E-state index in [2.05, 4.69) is 10.3 Å². The average Bonchev–Trinajstić information content (AvgIpc) is 2.48. The molecule has 6 heteroatoms. The molecule has 1 aromatic heterocycles. The van der Waals surface area contributed by atoms with Gasteiger partial charge in [-0.25, -0.2) is 9.78 Å². The van der Waals surface area contributed by atoms with Crippen LogP contribution in [0.15, 0.2) is 42.6 Å². The van der Waals surface area contributed by atoms with Gasteiger partial charge in [0, 0.05) is 23.9 Å². The molecule has 0 saturated carbocycles. The summed E-state index contributed by atoms with van der Waals surface area (Å²) in [4.78, 5) is 28.2. The summed E-state index contributed by atoms with van der Waals surface area (Å²) >= 11 is 5.73. The monoisotopic (exact) mass is 346 g/mol. The van der Waals surface area contributed by atoms with Crippen molar-refractivity contribution in [3.63, 3.8) is 0 Å². The second kappa shape index (κ2) is 7.45. The minimum absolute atomic E-state index is 0.113. The van der Waals surface area contributed by atoms with Crippen molar-refractivity contribution in [2.75, 3.05) is 5.32 Å². The molecule has 0 aliphatic rings. The third-order valence-electron chi connectivity index (χ3n) is 3.05. The van der Waals surface area contributed by atoms with Crippen molar-refractivity contribution in [3.05, 3.63) is 58.9 Å². The average molecular weight is 347 g/mol. The number of halogens is 1. The van der Waals surface area contributed by atoms with Crippen molar-refractivity contribution < 1.29 is 14.3 Å². The fraction of sp³-hybridized carbons (Fsp3) is 0.278. The molecule has 0 fully saturated rings. The minimum atomic E-state index is -0.593. The van der Waals surface area contributed by atoms with E-state index in [4.69, 9.17) is 16.3 Å². The smallest absolute Gasteiger partial charge is 0.412 e. The molecule has 0 radical (unpaired) electrons. The molecule has 0 atom stereocenters. The van der Waals surface area contributed by atoms with Crippen LogP contribution >= 0.6 is 11.6 Å². The van der Waals surface area contributed by atoms with Gasteiger partial charge >= 0.3 is 6.09 Å². The summed E-state index contributed by atoms with van der Waals surface area (Å²) in [5.41, 5.74) is 1.11. The highest BCUT2D eigenvalue weighted by atomic mass is 35.5. The molecule has 2 rings (SSSR count). The summed E-state index contributed by atoms with van der Waals surface area (Å²) in [7, 11) is 0. The van der Waals surface area contributed by atoms with Crippen LogP contribution in [0, 0.1) is 0 Å². The highest BCUT2D eigenvalue weighted by molar-refractivity contribution is 6.29. The Morgan fingerprint density at radius 3 is 2.50 bits per heavy atom. The van der Waals surface area contributed by atoms with Crippen LogP contribution in [-0.2, 0) is 11.2 Å². The van der Waals surface area contributed by atoms with E-state index in [0.29, 0.717) is 22.0 Å². The number of ketones is 1. The van der Waals surface area contributed by atoms with Crippen molar-refractivity contribution in [2.45, 2.75) is 32.8 Å². The van der Waals surface area contributed by atoms with Gasteiger partial charge in [-0.15, -0.1) is 0 Å². The first-order valence-corrected chi connectivity index (χ1v) is 7.85. The van der Waals surface area contributed by atoms with E-state index in [9.17, 15) is 9.59 Å². The number of rotatable bonds is 4. The number of hydrogen-bond donors (Lipinski definition) is 1. The molecule has 0 unspecified atom stereocenters. The van der Waals surface area contributed by atoms with Gasteiger partial charge in [0.25, 0.3) is 0 Å². The molecule has 0 spiro atoms. The molecule has 126 valence electrons. The Balaban J connectivity index is 2.12. The maximum atomic E-state index is 12.4. The second-order valence-corrected chi connectivity index (χ2v) is 6.64. The Morgan fingerprint density at radius 2 is 1.88 bits per heavy atom. The molecule has 2 aromatic rings. The predicted molar refractivity (Wildman–Crippen MR) is 93.6 cm³/mol. The van der Waals surface area contributed by atoms with Crippen molar-refractivity contribution in [2.24, 2.45) is 0 Å². The molecule has 24 heavy (non-hydrogen) atoms. The summed E-state index contributed by atoms with van der Waals surface area (Å²) in [5, 5.41) is 3.01. The molecule has 1 N–H and O–H groups in total. The lowest BCUT2D eigenvalue weighted by Crippen LogP contribution is -2.27. The van der Waals surface area contributed by atoms with Crippen LogP contribution in [-0.4, -0.2) is 22.5 Å². The third-order valence-corrected chi connectivity index (χ3v) is 3.28. The molecule has 1 heterocycles. The van der Waals surface area contributed by atoms with Crippen molar-refractivity contribution in [1.29, 1.82) is 0 Å². The van der Waals surface area contributed by atoms with Gasteiger partial charge in [-0.1, -0.05) is 29.8 Å². The Labute approximate surface area is 146 Å². The standard InChI is InChI=1S/C18H19ClN2O3/c1-18(2,3)24-17(23)21-14-7-5-4-6-12(14)10-15(22)13-8-9-16(19)20-11-13/h4-9,11H,10H2,1-3H3,(H,21,23). The number of carbonyl (C=O) groups is 2. The van der Waals surface area contributed by atoms with Crippen LogP contribution in [0.25, 0.3) is 0 Å². The van der Waals surface area contributed by atoms with E-state index in [1.54, 1.807) is 51.1 Å². The molecule has 1 amide bonds. The predicted octanol–water partition coefficient (Wildman–Crippen LogP) is 4.51. The van der Waals surface area contributed by atoms with E-state index in [1.165, 1.54) is 6.20 Å². The SMILES string of the molecule is CC(C)(C)OC(=O)Nc1ccccc1CC(=O)c1ccc(Cl)nc1. The molecule has 5 nitrogen and oxygen atoms in total. The van der Waals surface area contributed by atoms with Crippen LogP contribution in [0.2, 0.25) is 5.15 Å². The van der Waals surface area contributed by atoms with E-state index >= 15 is 0 Å². The fourth-order valence-corrected chi connectivity index (χ4v) is 2.14. The van der Waals surface area contributed by atoms with Gasteiger partial charge in [0.15, 0.2) is 5.78 Å². The maximum Gasteiger partial charge on any atom is 0.412 e. The third kappa shape index (κ3) is 5.35. The van der Waals surface area contributed by atoms with Crippen LogP contribution in [0.4, 0.5) is 10.5 Å². The van der Waals surface area contributed by atoms with Gasteiger partial charge < -0.3 is 4.74 Å². The Morgan fingerprint density at radius 1 is 1.17 bits per heavy atom. The Kier molecular flexibility index (Phi) is 5.57. The van der Waals surface area contributed by atoms with E-state index in [1.807, 2.05) is 6.07 Å². The second-order valence-electron chi connectivity index (χ2n) is 6.25. The summed E-state index contributed by atoms with van der Waals surface area (Å²) in [6.45, 7) is 5.36. The quantitative estimate of drug-likeness (QED) is 0.653. The molecule has 0 aliphatic heterocycles. The molecule has 0 aliphatic carbocycles. The number of hydrogen-bond acceptors (Lipinski definition) is 4. The van der Waals surface area contributed by atoms with Crippen LogP contribution in [0.1, 0.15) is 36.7 Å². The van der Waals surface area contributed by atoms with Crippen molar-refractivity contribution in [1.82, 2.24) is 4.98 Å². The number of anilines is 1. The van der Waals surface area contributed by atoms with Crippen molar-refractivity contribution in [3.8, 4) is 0 Å². The van der Waals surface area contributed by atoms with Crippen molar-refractivity contribution >= 4 is 29.2 Å². The van der Waals surface area contributed by atoms with Crippen LogP contribution < -0.4 is 5.32 Å². The number of benzene rings is 1. The maximum absolute atomic E-state index is 12.4. The summed E-state index contributed by atoms with van der Waals surface area (Å²) < 4.78 is 5.24. The number of carbonyl (C=O) groups excluding carboxylic acids is 2. The van der Waals surface area contributed by atoms with Crippen LogP contribution in [0.5, 0.6) is 0 Å². The number of Topliss-reactive ketones (excluding diaryl/α,β-unsaturated/α-hetero) is 1. The number of pyridine rings is 1. The first-order valence-electron chi connectivity index (χ1n) is 7.47. The van der Waals surface area contributed by atoms with E-state index < -0.39 is 11.7 Å². The zero-order valence-corrected chi connectivity index (χ0v) is 14.6. The Hall–Kier alpha value is -2.40. The lowest BCUT2D eigenvalue weighted by Gasteiger charge is -2.20. The Bertz CT molecular complexity index is 737. The lowest BCUT2D eigenvalue weighted by atomic mass is 10.0. The molecular formula is C18H19ClN2O3. The molecule has 0 saturated heterocycles. The van der Waals surface area contributed by atoms with Gasteiger partial charge in [0.2, 0.25) is 0 Å². The summed E-state index contributed by atoms with van der Waals surface area (Å²) in [6.07, 6.45) is 1.01. The van der Waals surface area contributed by atoms with Gasteiger partial charge in [0.05, 0.1) is 0 Å². The lowest BCUT2D eigenvalue weighted by molar-refractivity contribution is 0.0635. The minimum Gasteiger partial charge on any atom is -0.444 e. The molecule has 1 aromatic carbocycles. The van der Waals surface area contributed by atoms with Gasteiger partial charge in [-0.05, 0) is 44.5 Å². The number of para-hydroxylation sites is 1. The number of nitrogens with one attached hydrogen (secondary N) is 1. The van der Waals surface area contributed by atoms with Gasteiger partial charge in [-0.3, -0.25) is 10.1 Å². The zero-order chi connectivity index (χ0) is 17.7. The highest BCUT2D eigenvalue weighted by Crippen LogP contribution is 2.19. The van der Waals surface area contributed by atoms with Gasteiger partial charge in [0.1, 0.15) is 10.8 Å². The highest BCUT2D eigenvalue weighted by Gasteiger charge is 2.18. The molecule has 0 bridgehead atoms. The fourth-order valence-electron chi connectivity index (χ4n) is 2.03. The number of ether oxygens (including phenoxy) is 1. The first-order chi connectivity index (χ1) is 11.2. The summed E-state index contributed by atoms with van der Waals surface area (Å²) in [5.74, 6) is -0.113. The van der Waals surface area contributed by atoms with E-state index in [-0.39, 0.29) is 12.2 Å². The van der Waals surface area contributed by atoms with Gasteiger partial charge in [-0.2, -0.15) is 0 Å².